The highest BCUT2D eigenvalue weighted by Crippen LogP contribution is 2.44. The van der Waals surface area contributed by atoms with Gasteiger partial charge in [0.2, 0.25) is 0 Å². The molecule has 0 bridgehead atoms. The molecule has 104 valence electrons. The number of methoxy groups -OCH3 is 2. The van der Waals surface area contributed by atoms with Crippen LogP contribution in [0.25, 0.3) is 0 Å². The number of rotatable bonds is 6. The second kappa shape index (κ2) is 5.61. The van der Waals surface area contributed by atoms with Crippen molar-refractivity contribution in [1.82, 2.24) is 0 Å². The summed E-state index contributed by atoms with van der Waals surface area (Å²) in [5, 5.41) is 0. The van der Waals surface area contributed by atoms with Crippen molar-refractivity contribution < 1.29 is 14.3 Å². The molecule has 4 heteroatoms. The Balaban J connectivity index is 2.22. The Kier molecular flexibility index (Phi) is 4.10. The van der Waals surface area contributed by atoms with Crippen LogP contribution in [0.3, 0.4) is 0 Å². The molecule has 0 radical (unpaired) electrons. The number of benzene rings is 1. The van der Waals surface area contributed by atoms with E-state index in [1.807, 2.05) is 0 Å². The molecule has 0 amide bonds. The van der Waals surface area contributed by atoms with Gasteiger partial charge in [0.1, 0.15) is 11.5 Å². The van der Waals surface area contributed by atoms with Crippen molar-refractivity contribution in [3.8, 4) is 11.5 Å². The minimum Gasteiger partial charge on any atom is -0.497 e. The largest absolute Gasteiger partial charge is 0.497 e. The lowest BCUT2D eigenvalue weighted by Gasteiger charge is -2.40. The molecule has 1 aliphatic rings. The number of Topliss-reactive ketones (excluding diaryl/α,β-unsaturated/α-hetero) is 1. The quantitative estimate of drug-likeness (QED) is 0.801. The number of carbonyl (C=O) groups is 1. The maximum absolute atomic E-state index is 12.5. The van der Waals surface area contributed by atoms with E-state index in [0.29, 0.717) is 30.0 Å². The summed E-state index contributed by atoms with van der Waals surface area (Å²) in [4.78, 5) is 12.5. The standard InChI is InChI=1S/C15H21NO3/c1-18-11-4-5-14(19-2)12(8-11)13(17)9-15(10-16)6-3-7-15/h4-5,8H,3,6-7,9-10,16H2,1-2H3. The van der Waals surface area contributed by atoms with Crippen LogP contribution in [0.5, 0.6) is 11.5 Å². The third-order valence-electron chi connectivity index (χ3n) is 4.09. The number of ether oxygens (including phenoxy) is 2. The van der Waals surface area contributed by atoms with Crippen molar-refractivity contribution in [2.24, 2.45) is 11.1 Å². The lowest BCUT2D eigenvalue weighted by atomic mass is 9.65. The average Bonchev–Trinajstić information content (AvgIpc) is 2.41. The Morgan fingerprint density at radius 1 is 1.32 bits per heavy atom. The SMILES string of the molecule is COc1ccc(OC)c(C(=O)CC2(CN)CCC2)c1. The molecular formula is C15H21NO3. The number of nitrogens with two attached hydrogens (primary N) is 1. The molecule has 1 aromatic carbocycles. The highest BCUT2D eigenvalue weighted by Gasteiger charge is 2.38. The topological polar surface area (TPSA) is 61.5 Å². The van der Waals surface area contributed by atoms with Crippen LogP contribution in [0.2, 0.25) is 0 Å². The summed E-state index contributed by atoms with van der Waals surface area (Å²) < 4.78 is 10.4. The fourth-order valence-electron chi connectivity index (χ4n) is 2.60. The summed E-state index contributed by atoms with van der Waals surface area (Å²) in [7, 11) is 3.16. The van der Waals surface area contributed by atoms with Crippen molar-refractivity contribution in [2.45, 2.75) is 25.7 Å². The van der Waals surface area contributed by atoms with Crippen LogP contribution in [-0.2, 0) is 0 Å². The summed E-state index contributed by atoms with van der Waals surface area (Å²) >= 11 is 0. The van der Waals surface area contributed by atoms with E-state index in [-0.39, 0.29) is 11.2 Å². The van der Waals surface area contributed by atoms with Crippen molar-refractivity contribution in [3.63, 3.8) is 0 Å². The van der Waals surface area contributed by atoms with Crippen molar-refractivity contribution in [1.29, 1.82) is 0 Å². The predicted molar refractivity (Wildman–Crippen MR) is 73.8 cm³/mol. The van der Waals surface area contributed by atoms with E-state index in [0.717, 1.165) is 12.8 Å². The van der Waals surface area contributed by atoms with E-state index in [9.17, 15) is 4.79 Å². The molecule has 0 atom stereocenters. The molecular weight excluding hydrogens is 242 g/mol. The third-order valence-corrected chi connectivity index (χ3v) is 4.09. The van der Waals surface area contributed by atoms with Gasteiger partial charge >= 0.3 is 0 Å². The fourth-order valence-corrected chi connectivity index (χ4v) is 2.60. The first-order valence-electron chi connectivity index (χ1n) is 6.59. The van der Waals surface area contributed by atoms with Gasteiger partial charge in [0.25, 0.3) is 0 Å². The Hall–Kier alpha value is -1.55. The third kappa shape index (κ3) is 2.73. The predicted octanol–water partition coefficient (Wildman–Crippen LogP) is 2.41. The van der Waals surface area contributed by atoms with Gasteiger partial charge in [0.05, 0.1) is 19.8 Å². The summed E-state index contributed by atoms with van der Waals surface area (Å²) in [6.07, 6.45) is 3.75. The van der Waals surface area contributed by atoms with Crippen LogP contribution >= 0.6 is 0 Å². The van der Waals surface area contributed by atoms with E-state index < -0.39 is 0 Å². The van der Waals surface area contributed by atoms with E-state index in [1.165, 1.54) is 6.42 Å². The second-order valence-electron chi connectivity index (χ2n) is 5.22. The molecule has 0 heterocycles. The first-order valence-corrected chi connectivity index (χ1v) is 6.59. The Bertz CT molecular complexity index is 461. The van der Waals surface area contributed by atoms with Crippen LogP contribution in [-0.4, -0.2) is 26.5 Å². The minimum absolute atomic E-state index is 0.00513. The zero-order chi connectivity index (χ0) is 13.9. The molecule has 1 aliphatic carbocycles. The summed E-state index contributed by atoms with van der Waals surface area (Å²) in [5.41, 5.74) is 6.40. The molecule has 0 unspecified atom stereocenters. The van der Waals surface area contributed by atoms with Gasteiger partial charge in [-0.3, -0.25) is 4.79 Å². The van der Waals surface area contributed by atoms with Crippen LogP contribution in [0.4, 0.5) is 0 Å². The molecule has 1 fully saturated rings. The molecule has 0 aliphatic heterocycles. The molecule has 1 aromatic rings. The van der Waals surface area contributed by atoms with Crippen LogP contribution in [0, 0.1) is 5.41 Å². The van der Waals surface area contributed by atoms with E-state index in [2.05, 4.69) is 0 Å². The number of hydrogen-bond donors (Lipinski definition) is 1. The second-order valence-corrected chi connectivity index (χ2v) is 5.22. The molecule has 4 nitrogen and oxygen atoms in total. The van der Waals surface area contributed by atoms with Gasteiger partial charge in [-0.2, -0.15) is 0 Å². The van der Waals surface area contributed by atoms with Gasteiger partial charge in [-0.05, 0) is 43.0 Å². The van der Waals surface area contributed by atoms with Crippen molar-refractivity contribution >= 4 is 5.78 Å². The van der Waals surface area contributed by atoms with Gasteiger partial charge in [-0.1, -0.05) is 6.42 Å². The van der Waals surface area contributed by atoms with E-state index in [1.54, 1.807) is 32.4 Å². The van der Waals surface area contributed by atoms with Gasteiger partial charge in [-0.25, -0.2) is 0 Å². The first kappa shape index (κ1) is 13.9. The van der Waals surface area contributed by atoms with Gasteiger partial charge in [0.15, 0.2) is 5.78 Å². The normalized spacial score (nSPS) is 16.6. The van der Waals surface area contributed by atoms with Crippen LogP contribution < -0.4 is 15.2 Å². The highest BCUT2D eigenvalue weighted by molar-refractivity contribution is 5.99. The zero-order valence-electron chi connectivity index (χ0n) is 11.6. The summed E-state index contributed by atoms with van der Waals surface area (Å²) in [6, 6.07) is 5.30. The Morgan fingerprint density at radius 3 is 2.53 bits per heavy atom. The summed E-state index contributed by atoms with van der Waals surface area (Å²) in [5.74, 6) is 1.35. The zero-order valence-corrected chi connectivity index (χ0v) is 11.6. The molecule has 0 spiro atoms. The van der Waals surface area contributed by atoms with Gasteiger partial charge in [0, 0.05) is 6.42 Å². The lowest BCUT2D eigenvalue weighted by molar-refractivity contribution is 0.0783. The molecule has 19 heavy (non-hydrogen) atoms. The Morgan fingerprint density at radius 2 is 2.05 bits per heavy atom. The number of carbonyl (C=O) groups excluding carboxylic acids is 1. The maximum Gasteiger partial charge on any atom is 0.167 e. The van der Waals surface area contributed by atoms with E-state index >= 15 is 0 Å². The lowest BCUT2D eigenvalue weighted by Crippen LogP contribution is -2.39. The van der Waals surface area contributed by atoms with E-state index in [4.69, 9.17) is 15.2 Å². The van der Waals surface area contributed by atoms with Crippen molar-refractivity contribution in [2.75, 3.05) is 20.8 Å². The monoisotopic (exact) mass is 263 g/mol. The van der Waals surface area contributed by atoms with Crippen LogP contribution in [0.1, 0.15) is 36.0 Å². The maximum atomic E-state index is 12.5. The smallest absolute Gasteiger partial charge is 0.167 e. The summed E-state index contributed by atoms with van der Waals surface area (Å²) in [6.45, 7) is 0.574. The molecule has 0 aromatic heterocycles. The van der Waals surface area contributed by atoms with Gasteiger partial charge < -0.3 is 15.2 Å². The first-order chi connectivity index (χ1) is 9.14. The van der Waals surface area contributed by atoms with Crippen molar-refractivity contribution in [3.05, 3.63) is 23.8 Å². The highest BCUT2D eigenvalue weighted by atomic mass is 16.5. The van der Waals surface area contributed by atoms with Gasteiger partial charge in [-0.15, -0.1) is 0 Å². The van der Waals surface area contributed by atoms with Crippen LogP contribution in [0.15, 0.2) is 18.2 Å². The number of hydrogen-bond acceptors (Lipinski definition) is 4. The fraction of sp³-hybridized carbons (Fsp3) is 0.533. The minimum atomic E-state index is 0.00513. The molecule has 2 rings (SSSR count). The average molecular weight is 263 g/mol. The molecule has 0 saturated heterocycles. The molecule has 2 N–H and O–H groups in total. The number of ketones is 1. The Labute approximate surface area is 113 Å². The molecule has 1 saturated carbocycles.